The molecule has 0 rings (SSSR count). The number of nitrogens with zero attached hydrogens (tertiary/aromatic N) is 1. The second kappa shape index (κ2) is 38.2. The highest BCUT2D eigenvalue weighted by Gasteiger charge is 2.10. The summed E-state index contributed by atoms with van der Waals surface area (Å²) in [7, 11) is 4.27. The Morgan fingerprint density at radius 1 is 0.415 bits per heavy atom. The van der Waals surface area contributed by atoms with Crippen molar-refractivity contribution >= 4 is 12.4 Å². The average molecular weight is 604 g/mol. The second-order valence-electron chi connectivity index (χ2n) is 13.0. The first-order valence-electron chi connectivity index (χ1n) is 18.5. The van der Waals surface area contributed by atoms with E-state index in [1.165, 1.54) is 180 Å². The van der Waals surface area contributed by atoms with Crippen molar-refractivity contribution in [1.82, 2.24) is 4.90 Å². The molecule has 0 saturated carbocycles. The van der Waals surface area contributed by atoms with Crippen molar-refractivity contribution in [3.05, 3.63) is 0 Å². The molecule has 0 aliphatic rings. The molecular weight excluding hydrogens is 526 g/mol. The summed E-state index contributed by atoms with van der Waals surface area (Å²) < 4.78 is 12.2. The fourth-order valence-corrected chi connectivity index (χ4v) is 5.72. The minimum Gasteiger partial charge on any atom is -0.379 e. The molecule has 250 valence electrons. The smallest absolute Gasteiger partial charge is 0.0934 e. The van der Waals surface area contributed by atoms with Crippen molar-refractivity contribution in [3.8, 4) is 0 Å². The highest BCUT2D eigenvalue weighted by Crippen LogP contribution is 2.14. The molecule has 4 heteroatoms. The molecule has 0 heterocycles. The van der Waals surface area contributed by atoms with Crippen LogP contribution in [0, 0.1) is 0 Å². The summed E-state index contributed by atoms with van der Waals surface area (Å²) in [5.74, 6) is 0. The van der Waals surface area contributed by atoms with E-state index in [0.29, 0.717) is 0 Å². The van der Waals surface area contributed by atoms with Crippen LogP contribution in [0.25, 0.3) is 0 Å². The molecule has 0 N–H and O–H groups in total. The maximum Gasteiger partial charge on any atom is 0.0934 e. The van der Waals surface area contributed by atoms with E-state index in [-0.39, 0.29) is 18.5 Å². The van der Waals surface area contributed by atoms with Gasteiger partial charge in [-0.05, 0) is 26.9 Å². The van der Waals surface area contributed by atoms with Crippen LogP contribution in [0.15, 0.2) is 0 Å². The van der Waals surface area contributed by atoms with Crippen LogP contribution in [0.4, 0.5) is 0 Å². The predicted molar refractivity (Wildman–Crippen MR) is 187 cm³/mol. The van der Waals surface area contributed by atoms with Gasteiger partial charge in [-0.2, -0.15) is 0 Å². The van der Waals surface area contributed by atoms with Gasteiger partial charge < -0.3 is 14.4 Å². The quantitative estimate of drug-likeness (QED) is 0.0672. The molecule has 41 heavy (non-hydrogen) atoms. The van der Waals surface area contributed by atoms with Gasteiger partial charge in [-0.1, -0.05) is 181 Å². The number of rotatable bonds is 35. The van der Waals surface area contributed by atoms with E-state index in [0.717, 1.165) is 26.4 Å². The normalized spacial score (nSPS) is 12.2. The zero-order valence-corrected chi connectivity index (χ0v) is 29.7. The molecule has 1 atom stereocenters. The molecule has 0 radical (unpaired) electrons. The van der Waals surface area contributed by atoms with E-state index in [2.05, 4.69) is 32.8 Å². The molecule has 0 bridgehead atoms. The molecule has 0 aliphatic heterocycles. The average Bonchev–Trinajstić information content (AvgIpc) is 2.94. The largest absolute Gasteiger partial charge is 0.379 e. The SMILES string of the molecule is CCCCCCCCCCCCCCCCOCC(CN(C)C)OCCCCCCCCCCCCCCCC.Cl. The number of ether oxygens (including phenoxy) is 2. The van der Waals surface area contributed by atoms with Gasteiger partial charge in [-0.3, -0.25) is 0 Å². The molecule has 0 spiro atoms. The Morgan fingerprint density at radius 2 is 0.707 bits per heavy atom. The van der Waals surface area contributed by atoms with Crippen LogP contribution in [-0.4, -0.2) is 51.5 Å². The first kappa shape index (κ1) is 43.3. The van der Waals surface area contributed by atoms with Crippen molar-refractivity contribution in [2.45, 2.75) is 200 Å². The second-order valence-corrected chi connectivity index (χ2v) is 13.0. The van der Waals surface area contributed by atoms with Crippen LogP contribution in [0.2, 0.25) is 0 Å². The van der Waals surface area contributed by atoms with Crippen LogP contribution in [0.1, 0.15) is 194 Å². The predicted octanol–water partition coefficient (Wildman–Crippen LogP) is 12.3. The third-order valence-electron chi connectivity index (χ3n) is 8.37. The zero-order chi connectivity index (χ0) is 29.2. The van der Waals surface area contributed by atoms with Crippen LogP contribution < -0.4 is 0 Å². The van der Waals surface area contributed by atoms with E-state index in [1.54, 1.807) is 0 Å². The monoisotopic (exact) mass is 604 g/mol. The molecule has 3 nitrogen and oxygen atoms in total. The van der Waals surface area contributed by atoms with E-state index >= 15 is 0 Å². The Labute approximate surface area is 266 Å². The summed E-state index contributed by atoms with van der Waals surface area (Å²) in [6.45, 7) is 8.08. The van der Waals surface area contributed by atoms with Gasteiger partial charge in [0.05, 0.1) is 12.7 Å². The summed E-state index contributed by atoms with van der Waals surface area (Å²) in [6.07, 6.45) is 39.5. The Bertz CT molecular complexity index is 449. The van der Waals surface area contributed by atoms with Gasteiger partial charge in [0.1, 0.15) is 0 Å². The minimum atomic E-state index is 0. The summed E-state index contributed by atoms with van der Waals surface area (Å²) in [5.41, 5.74) is 0. The molecule has 0 aliphatic carbocycles. The van der Waals surface area contributed by atoms with E-state index in [4.69, 9.17) is 9.47 Å². The van der Waals surface area contributed by atoms with E-state index in [9.17, 15) is 0 Å². The fourth-order valence-electron chi connectivity index (χ4n) is 5.72. The number of unbranched alkanes of at least 4 members (excludes halogenated alkanes) is 26. The number of hydrogen-bond donors (Lipinski definition) is 0. The van der Waals surface area contributed by atoms with Crippen LogP contribution >= 0.6 is 12.4 Å². The molecule has 0 aromatic carbocycles. The summed E-state index contributed by atoms with van der Waals surface area (Å²) in [4.78, 5) is 2.23. The summed E-state index contributed by atoms with van der Waals surface area (Å²) in [6, 6.07) is 0. The Hall–Kier alpha value is 0.170. The van der Waals surface area contributed by atoms with Crippen LogP contribution in [0.5, 0.6) is 0 Å². The van der Waals surface area contributed by atoms with Crippen LogP contribution in [-0.2, 0) is 9.47 Å². The Kier molecular flexibility index (Phi) is 40.3. The molecule has 0 amide bonds. The molecule has 0 fully saturated rings. The standard InChI is InChI=1S/C37H77NO2.ClH/c1-5-7-9-11-13-15-17-19-21-23-25-27-29-31-33-39-36-37(35-38(3)4)40-34-32-30-28-26-24-22-20-18-16-14-12-10-8-6-2;/h37H,5-36H2,1-4H3;1H. The van der Waals surface area contributed by atoms with Crippen molar-refractivity contribution in [2.24, 2.45) is 0 Å². The number of likely N-dealkylation sites (N-methyl/N-ethyl adjacent to an activating group) is 1. The zero-order valence-electron chi connectivity index (χ0n) is 28.9. The van der Waals surface area contributed by atoms with Crippen LogP contribution in [0.3, 0.4) is 0 Å². The Balaban J connectivity index is 0. The highest BCUT2D eigenvalue weighted by atomic mass is 35.5. The maximum absolute atomic E-state index is 6.22. The van der Waals surface area contributed by atoms with E-state index < -0.39 is 0 Å². The van der Waals surface area contributed by atoms with Gasteiger partial charge in [0.15, 0.2) is 0 Å². The minimum absolute atomic E-state index is 0. The van der Waals surface area contributed by atoms with Crippen molar-refractivity contribution in [2.75, 3.05) is 40.5 Å². The lowest BCUT2D eigenvalue weighted by atomic mass is 10.0. The summed E-state index contributed by atoms with van der Waals surface area (Å²) in [5, 5.41) is 0. The van der Waals surface area contributed by atoms with Gasteiger partial charge in [0.25, 0.3) is 0 Å². The molecule has 0 aromatic rings. The number of hydrogen-bond acceptors (Lipinski definition) is 3. The van der Waals surface area contributed by atoms with Crippen molar-refractivity contribution < 1.29 is 9.47 Å². The molecular formula is C37H78ClNO2. The van der Waals surface area contributed by atoms with Gasteiger partial charge in [0.2, 0.25) is 0 Å². The van der Waals surface area contributed by atoms with Gasteiger partial charge in [0, 0.05) is 19.8 Å². The number of halogens is 1. The van der Waals surface area contributed by atoms with E-state index in [1.807, 2.05) is 0 Å². The summed E-state index contributed by atoms with van der Waals surface area (Å²) >= 11 is 0. The van der Waals surface area contributed by atoms with Gasteiger partial charge >= 0.3 is 0 Å². The van der Waals surface area contributed by atoms with Gasteiger partial charge in [-0.25, -0.2) is 0 Å². The molecule has 1 unspecified atom stereocenters. The lowest BCUT2D eigenvalue weighted by molar-refractivity contribution is -0.0287. The molecule has 0 saturated heterocycles. The lowest BCUT2D eigenvalue weighted by Crippen LogP contribution is -2.32. The van der Waals surface area contributed by atoms with Gasteiger partial charge in [-0.15, -0.1) is 12.4 Å². The first-order chi connectivity index (χ1) is 19.7. The first-order valence-corrected chi connectivity index (χ1v) is 18.5. The lowest BCUT2D eigenvalue weighted by Gasteiger charge is -2.21. The third kappa shape index (κ3) is 38.1. The topological polar surface area (TPSA) is 21.7 Å². The fraction of sp³-hybridized carbons (Fsp3) is 1.00. The molecule has 0 aromatic heterocycles. The van der Waals surface area contributed by atoms with Crippen molar-refractivity contribution in [3.63, 3.8) is 0 Å². The Morgan fingerprint density at radius 3 is 1.02 bits per heavy atom. The highest BCUT2D eigenvalue weighted by molar-refractivity contribution is 5.85. The third-order valence-corrected chi connectivity index (χ3v) is 8.37. The maximum atomic E-state index is 6.22. The van der Waals surface area contributed by atoms with Crippen molar-refractivity contribution in [1.29, 1.82) is 0 Å².